The standard InChI is InChI=1S/C15H18FN3/c1-3-15-18-12-9-17-8-7-14(12)19(15)13-6-4-5-11(16)10(13)2/h4-6,17H,3,7-9H2,1-2H3. The van der Waals surface area contributed by atoms with Gasteiger partial charge in [0.1, 0.15) is 11.6 Å². The Kier molecular flexibility index (Phi) is 3.11. The van der Waals surface area contributed by atoms with Crippen molar-refractivity contribution in [3.63, 3.8) is 0 Å². The highest BCUT2D eigenvalue weighted by atomic mass is 19.1. The van der Waals surface area contributed by atoms with Crippen LogP contribution in [0.25, 0.3) is 5.69 Å². The molecule has 0 bridgehead atoms. The highest BCUT2D eigenvalue weighted by Crippen LogP contribution is 2.25. The first-order valence-corrected chi connectivity index (χ1v) is 6.78. The second-order valence-electron chi connectivity index (χ2n) is 4.92. The molecule has 1 aromatic carbocycles. The van der Waals surface area contributed by atoms with Crippen LogP contribution in [-0.4, -0.2) is 16.1 Å². The third-order valence-corrected chi connectivity index (χ3v) is 3.75. The Morgan fingerprint density at radius 1 is 1.42 bits per heavy atom. The van der Waals surface area contributed by atoms with E-state index in [1.165, 1.54) is 11.8 Å². The number of hydrogen-bond acceptors (Lipinski definition) is 2. The molecule has 4 heteroatoms. The normalized spacial score (nSPS) is 14.5. The van der Waals surface area contributed by atoms with Gasteiger partial charge in [0.25, 0.3) is 0 Å². The minimum atomic E-state index is -0.157. The van der Waals surface area contributed by atoms with Gasteiger partial charge in [0.15, 0.2) is 0 Å². The third-order valence-electron chi connectivity index (χ3n) is 3.75. The van der Waals surface area contributed by atoms with Crippen LogP contribution in [0.15, 0.2) is 18.2 Å². The van der Waals surface area contributed by atoms with Gasteiger partial charge in [-0.2, -0.15) is 0 Å². The average Bonchev–Trinajstić information content (AvgIpc) is 2.80. The zero-order valence-electron chi connectivity index (χ0n) is 11.3. The van der Waals surface area contributed by atoms with Crippen LogP contribution >= 0.6 is 0 Å². The van der Waals surface area contributed by atoms with Crippen molar-refractivity contribution in [3.8, 4) is 5.69 Å². The van der Waals surface area contributed by atoms with Crippen molar-refractivity contribution in [2.45, 2.75) is 33.2 Å². The Hall–Kier alpha value is -1.68. The lowest BCUT2D eigenvalue weighted by Crippen LogP contribution is -2.25. The maximum absolute atomic E-state index is 13.8. The Morgan fingerprint density at radius 2 is 2.26 bits per heavy atom. The number of fused-ring (bicyclic) bond motifs is 1. The fourth-order valence-electron chi connectivity index (χ4n) is 2.73. The Labute approximate surface area is 112 Å². The SMILES string of the molecule is CCc1nc2c(n1-c1cccc(F)c1C)CCNC2. The first-order valence-electron chi connectivity index (χ1n) is 6.78. The zero-order valence-corrected chi connectivity index (χ0v) is 11.3. The number of halogens is 1. The number of nitrogens with zero attached hydrogens (tertiary/aromatic N) is 2. The second kappa shape index (κ2) is 4.78. The lowest BCUT2D eigenvalue weighted by atomic mass is 10.1. The Bertz CT molecular complexity index is 616. The van der Waals surface area contributed by atoms with Crippen molar-refractivity contribution < 1.29 is 4.39 Å². The Balaban J connectivity index is 2.23. The number of nitrogens with one attached hydrogen (secondary N) is 1. The molecule has 0 saturated carbocycles. The number of rotatable bonds is 2. The zero-order chi connectivity index (χ0) is 13.4. The van der Waals surface area contributed by atoms with E-state index in [1.807, 2.05) is 13.0 Å². The predicted molar refractivity (Wildman–Crippen MR) is 73.0 cm³/mol. The van der Waals surface area contributed by atoms with Crippen LogP contribution in [0.5, 0.6) is 0 Å². The summed E-state index contributed by atoms with van der Waals surface area (Å²) in [6.07, 6.45) is 1.79. The largest absolute Gasteiger partial charge is 0.311 e. The summed E-state index contributed by atoms with van der Waals surface area (Å²) in [4.78, 5) is 4.69. The number of benzene rings is 1. The lowest BCUT2D eigenvalue weighted by Gasteiger charge is -2.17. The van der Waals surface area contributed by atoms with Crippen LogP contribution in [0.1, 0.15) is 29.7 Å². The van der Waals surface area contributed by atoms with Gasteiger partial charge in [0, 0.05) is 37.2 Å². The number of imidazole rings is 1. The number of aryl methyl sites for hydroxylation is 1. The van der Waals surface area contributed by atoms with Gasteiger partial charge in [0.2, 0.25) is 0 Å². The lowest BCUT2D eigenvalue weighted by molar-refractivity contribution is 0.609. The summed E-state index contributed by atoms with van der Waals surface area (Å²) in [5, 5.41) is 3.33. The molecule has 0 spiro atoms. The molecule has 3 nitrogen and oxygen atoms in total. The molecule has 0 saturated heterocycles. The summed E-state index contributed by atoms with van der Waals surface area (Å²) in [6, 6.07) is 5.25. The molecular formula is C15H18FN3. The predicted octanol–water partition coefficient (Wildman–Crippen LogP) is 2.53. The van der Waals surface area contributed by atoms with Crippen LogP contribution < -0.4 is 5.32 Å². The van der Waals surface area contributed by atoms with Crippen LogP contribution in [0, 0.1) is 12.7 Å². The van der Waals surface area contributed by atoms with E-state index in [-0.39, 0.29) is 5.82 Å². The molecular weight excluding hydrogens is 241 g/mol. The summed E-state index contributed by atoms with van der Waals surface area (Å²) >= 11 is 0. The molecule has 100 valence electrons. The van der Waals surface area contributed by atoms with Gasteiger partial charge < -0.3 is 5.32 Å². The van der Waals surface area contributed by atoms with Gasteiger partial charge in [0.05, 0.1) is 11.4 Å². The quantitative estimate of drug-likeness (QED) is 0.898. The van der Waals surface area contributed by atoms with Crippen molar-refractivity contribution >= 4 is 0 Å². The molecule has 1 N–H and O–H groups in total. The topological polar surface area (TPSA) is 29.9 Å². The highest BCUT2D eigenvalue weighted by Gasteiger charge is 2.21. The molecule has 1 aromatic heterocycles. The van der Waals surface area contributed by atoms with E-state index >= 15 is 0 Å². The molecule has 3 rings (SSSR count). The smallest absolute Gasteiger partial charge is 0.128 e. The first kappa shape index (κ1) is 12.4. The molecule has 0 fully saturated rings. The molecule has 0 aliphatic carbocycles. The monoisotopic (exact) mass is 259 g/mol. The van der Waals surface area contributed by atoms with Crippen molar-refractivity contribution in [2.75, 3.05) is 6.54 Å². The van der Waals surface area contributed by atoms with Gasteiger partial charge in [-0.1, -0.05) is 13.0 Å². The third kappa shape index (κ3) is 1.96. The number of hydrogen-bond donors (Lipinski definition) is 1. The summed E-state index contributed by atoms with van der Waals surface area (Å²) in [5.41, 5.74) is 3.94. The van der Waals surface area contributed by atoms with Crippen molar-refractivity contribution in [1.82, 2.24) is 14.9 Å². The van der Waals surface area contributed by atoms with E-state index in [0.717, 1.165) is 43.1 Å². The number of aromatic nitrogens is 2. The molecule has 0 radical (unpaired) electrons. The van der Waals surface area contributed by atoms with Gasteiger partial charge in [-0.05, 0) is 19.1 Å². The minimum absolute atomic E-state index is 0.157. The van der Waals surface area contributed by atoms with E-state index < -0.39 is 0 Å². The summed E-state index contributed by atoms with van der Waals surface area (Å²) in [6.45, 7) is 5.68. The molecule has 0 unspecified atom stereocenters. The van der Waals surface area contributed by atoms with E-state index in [2.05, 4.69) is 16.8 Å². The van der Waals surface area contributed by atoms with Gasteiger partial charge >= 0.3 is 0 Å². The van der Waals surface area contributed by atoms with Crippen LogP contribution in [-0.2, 0) is 19.4 Å². The summed E-state index contributed by atoms with van der Waals surface area (Å²) < 4.78 is 15.9. The highest BCUT2D eigenvalue weighted by molar-refractivity contribution is 5.45. The summed E-state index contributed by atoms with van der Waals surface area (Å²) in [7, 11) is 0. The molecule has 2 heterocycles. The van der Waals surface area contributed by atoms with Crippen LogP contribution in [0.4, 0.5) is 4.39 Å². The fraction of sp³-hybridized carbons (Fsp3) is 0.400. The van der Waals surface area contributed by atoms with Crippen molar-refractivity contribution in [3.05, 3.63) is 46.8 Å². The molecule has 1 aliphatic rings. The minimum Gasteiger partial charge on any atom is -0.311 e. The van der Waals surface area contributed by atoms with Crippen LogP contribution in [0.2, 0.25) is 0 Å². The van der Waals surface area contributed by atoms with E-state index in [9.17, 15) is 4.39 Å². The second-order valence-corrected chi connectivity index (χ2v) is 4.92. The molecule has 19 heavy (non-hydrogen) atoms. The summed E-state index contributed by atoms with van der Waals surface area (Å²) in [5.74, 6) is 0.860. The van der Waals surface area contributed by atoms with E-state index in [0.29, 0.717) is 5.56 Å². The molecule has 0 atom stereocenters. The maximum Gasteiger partial charge on any atom is 0.128 e. The van der Waals surface area contributed by atoms with Gasteiger partial charge in [-0.15, -0.1) is 0 Å². The van der Waals surface area contributed by atoms with E-state index in [1.54, 1.807) is 6.07 Å². The average molecular weight is 259 g/mol. The van der Waals surface area contributed by atoms with Crippen molar-refractivity contribution in [2.24, 2.45) is 0 Å². The first-order chi connectivity index (χ1) is 9.22. The van der Waals surface area contributed by atoms with Gasteiger partial charge in [-0.25, -0.2) is 9.37 Å². The molecule has 2 aromatic rings. The molecule has 1 aliphatic heterocycles. The van der Waals surface area contributed by atoms with E-state index in [4.69, 9.17) is 4.98 Å². The maximum atomic E-state index is 13.8. The Morgan fingerprint density at radius 3 is 3.05 bits per heavy atom. The van der Waals surface area contributed by atoms with Gasteiger partial charge in [-0.3, -0.25) is 4.57 Å². The molecule has 0 amide bonds. The fourth-order valence-corrected chi connectivity index (χ4v) is 2.73. The van der Waals surface area contributed by atoms with Crippen molar-refractivity contribution in [1.29, 1.82) is 0 Å². The van der Waals surface area contributed by atoms with Crippen LogP contribution in [0.3, 0.4) is 0 Å².